The Morgan fingerprint density at radius 2 is 2.11 bits per heavy atom. The van der Waals surface area contributed by atoms with Gasteiger partial charge in [-0.2, -0.15) is 9.57 Å². The van der Waals surface area contributed by atoms with Crippen molar-refractivity contribution in [3.05, 3.63) is 47.7 Å². The number of hydrogen-bond donors (Lipinski definition) is 1. The second-order valence-electron chi connectivity index (χ2n) is 5.66. The molecule has 0 radical (unpaired) electrons. The first-order chi connectivity index (χ1) is 12.8. The number of benzene rings is 1. The molecule has 1 N–H and O–H groups in total. The second-order valence-corrected chi connectivity index (χ2v) is 7.60. The van der Waals surface area contributed by atoms with Crippen LogP contribution < -0.4 is 4.74 Å². The van der Waals surface area contributed by atoms with Gasteiger partial charge in [0.2, 0.25) is 15.7 Å². The minimum atomic E-state index is -4.03. The molecule has 0 saturated carbocycles. The quantitative estimate of drug-likeness (QED) is 0.797. The molecule has 1 aliphatic rings. The number of carboxylic acid groups (broad SMARTS) is 1. The van der Waals surface area contributed by atoms with Gasteiger partial charge in [0, 0.05) is 18.9 Å². The molecule has 1 aromatic heterocycles. The van der Waals surface area contributed by atoms with Crippen LogP contribution in [0, 0.1) is 17.1 Å². The van der Waals surface area contributed by atoms with Crippen LogP contribution in [0.1, 0.15) is 22.5 Å². The van der Waals surface area contributed by atoms with Crippen LogP contribution in [0.4, 0.5) is 4.39 Å². The number of carbonyl (C=O) groups is 1. The van der Waals surface area contributed by atoms with E-state index in [1.54, 1.807) is 0 Å². The lowest BCUT2D eigenvalue weighted by molar-refractivity contribution is 0.0691. The van der Waals surface area contributed by atoms with E-state index in [9.17, 15) is 17.6 Å². The summed E-state index contributed by atoms with van der Waals surface area (Å²) < 4.78 is 45.6. The topological polar surface area (TPSA) is 133 Å². The normalized spacial score (nSPS) is 17.4. The molecular formula is C16H13FN4O5S. The maximum absolute atomic E-state index is 13.5. The van der Waals surface area contributed by atoms with Crippen molar-refractivity contribution in [3.63, 3.8) is 0 Å². The summed E-state index contributed by atoms with van der Waals surface area (Å²) in [6.07, 6.45) is 2.48. The zero-order chi connectivity index (χ0) is 19.6. The van der Waals surface area contributed by atoms with Crippen LogP contribution in [-0.4, -0.2) is 53.0 Å². The van der Waals surface area contributed by atoms with Gasteiger partial charge in [0.1, 0.15) is 18.0 Å². The van der Waals surface area contributed by atoms with Crippen LogP contribution >= 0.6 is 0 Å². The van der Waals surface area contributed by atoms with Gasteiger partial charge in [0.25, 0.3) is 5.88 Å². The van der Waals surface area contributed by atoms with Crippen molar-refractivity contribution in [2.45, 2.75) is 17.4 Å². The molecule has 0 amide bonds. The fourth-order valence-corrected chi connectivity index (χ4v) is 4.15. The molecule has 0 spiro atoms. The van der Waals surface area contributed by atoms with Crippen molar-refractivity contribution < 1.29 is 27.4 Å². The third-order valence-electron chi connectivity index (χ3n) is 3.96. The predicted molar refractivity (Wildman–Crippen MR) is 87.9 cm³/mol. The molecule has 2 aromatic rings. The lowest BCUT2D eigenvalue weighted by atomic mass is 10.2. The molecule has 3 rings (SSSR count). The highest BCUT2D eigenvalue weighted by Gasteiger charge is 2.35. The molecule has 140 valence electrons. The fourth-order valence-electron chi connectivity index (χ4n) is 2.64. The SMILES string of the molecule is N#Cc1nccnc1OC1CCN(S(=O)(=O)c2ccc(F)c(C(=O)O)c2)C1. The summed E-state index contributed by atoms with van der Waals surface area (Å²) in [4.78, 5) is 18.4. The molecule has 0 aliphatic carbocycles. The van der Waals surface area contributed by atoms with E-state index in [1.807, 2.05) is 6.07 Å². The van der Waals surface area contributed by atoms with Gasteiger partial charge in [-0.25, -0.2) is 27.6 Å². The van der Waals surface area contributed by atoms with E-state index in [0.29, 0.717) is 6.42 Å². The van der Waals surface area contributed by atoms with E-state index in [4.69, 9.17) is 15.1 Å². The molecule has 2 heterocycles. The minimum Gasteiger partial charge on any atom is -0.478 e. The van der Waals surface area contributed by atoms with E-state index in [2.05, 4.69) is 9.97 Å². The van der Waals surface area contributed by atoms with Crippen LogP contribution in [0.2, 0.25) is 0 Å². The first-order valence-corrected chi connectivity index (χ1v) is 9.17. The van der Waals surface area contributed by atoms with Crippen LogP contribution in [0.25, 0.3) is 0 Å². The Bertz CT molecular complexity index is 1040. The third kappa shape index (κ3) is 3.71. The highest BCUT2D eigenvalue weighted by atomic mass is 32.2. The smallest absolute Gasteiger partial charge is 0.338 e. The Morgan fingerprint density at radius 1 is 1.37 bits per heavy atom. The zero-order valence-corrected chi connectivity index (χ0v) is 14.6. The van der Waals surface area contributed by atoms with E-state index in [0.717, 1.165) is 22.5 Å². The lowest BCUT2D eigenvalue weighted by Crippen LogP contribution is -2.31. The van der Waals surface area contributed by atoms with Crippen LogP contribution in [0.15, 0.2) is 35.5 Å². The Hall–Kier alpha value is -3.10. The number of nitriles is 1. The monoisotopic (exact) mass is 392 g/mol. The number of carboxylic acids is 1. The second kappa shape index (κ2) is 7.26. The van der Waals surface area contributed by atoms with Gasteiger partial charge in [0.15, 0.2) is 0 Å². The lowest BCUT2D eigenvalue weighted by Gasteiger charge is -2.17. The van der Waals surface area contributed by atoms with Gasteiger partial charge in [-0.15, -0.1) is 0 Å². The molecular weight excluding hydrogens is 379 g/mol. The summed E-state index contributed by atoms with van der Waals surface area (Å²) in [5.74, 6) is -2.56. The highest BCUT2D eigenvalue weighted by Crippen LogP contribution is 2.25. The Morgan fingerprint density at radius 3 is 2.81 bits per heavy atom. The summed E-state index contributed by atoms with van der Waals surface area (Å²) in [7, 11) is -4.03. The number of halogens is 1. The molecule has 1 saturated heterocycles. The summed E-state index contributed by atoms with van der Waals surface area (Å²) in [6, 6.07) is 4.45. The largest absolute Gasteiger partial charge is 0.478 e. The number of ether oxygens (including phenoxy) is 1. The molecule has 1 unspecified atom stereocenters. The van der Waals surface area contributed by atoms with Crippen molar-refractivity contribution in [1.29, 1.82) is 5.26 Å². The summed E-state index contributed by atoms with van der Waals surface area (Å²) in [5, 5.41) is 18.0. The Kier molecular flexibility index (Phi) is 5.02. The molecule has 1 atom stereocenters. The number of nitrogens with zero attached hydrogens (tertiary/aromatic N) is 4. The van der Waals surface area contributed by atoms with Gasteiger partial charge in [-0.05, 0) is 24.6 Å². The number of sulfonamides is 1. The third-order valence-corrected chi connectivity index (χ3v) is 5.82. The van der Waals surface area contributed by atoms with Gasteiger partial charge in [-0.1, -0.05) is 0 Å². The molecule has 1 aromatic carbocycles. The number of aromatic carboxylic acids is 1. The van der Waals surface area contributed by atoms with E-state index >= 15 is 0 Å². The van der Waals surface area contributed by atoms with E-state index < -0.39 is 33.5 Å². The van der Waals surface area contributed by atoms with Crippen LogP contribution in [0.3, 0.4) is 0 Å². The molecule has 27 heavy (non-hydrogen) atoms. The molecule has 0 bridgehead atoms. The average Bonchev–Trinajstić information content (AvgIpc) is 3.11. The number of rotatable bonds is 5. The van der Waals surface area contributed by atoms with Crippen molar-refractivity contribution in [3.8, 4) is 11.9 Å². The molecule has 1 fully saturated rings. The molecule has 11 heteroatoms. The van der Waals surface area contributed by atoms with Crippen LogP contribution in [0.5, 0.6) is 5.88 Å². The maximum Gasteiger partial charge on any atom is 0.338 e. The number of hydrogen-bond acceptors (Lipinski definition) is 7. The van der Waals surface area contributed by atoms with Gasteiger partial charge >= 0.3 is 5.97 Å². The fraction of sp³-hybridized carbons (Fsp3) is 0.250. The number of aromatic nitrogens is 2. The highest BCUT2D eigenvalue weighted by molar-refractivity contribution is 7.89. The summed E-state index contributed by atoms with van der Waals surface area (Å²) >= 11 is 0. The Labute approximate surface area is 153 Å². The first kappa shape index (κ1) is 18.7. The van der Waals surface area contributed by atoms with Crippen molar-refractivity contribution in [2.75, 3.05) is 13.1 Å². The summed E-state index contributed by atoms with van der Waals surface area (Å²) in [6.45, 7) is 0.0957. The minimum absolute atomic E-state index is 0.0107. The van der Waals surface area contributed by atoms with E-state index in [-0.39, 0.29) is 29.6 Å². The molecule has 1 aliphatic heterocycles. The van der Waals surface area contributed by atoms with Gasteiger partial charge in [0.05, 0.1) is 17.0 Å². The first-order valence-electron chi connectivity index (χ1n) is 7.73. The molecule has 9 nitrogen and oxygen atoms in total. The van der Waals surface area contributed by atoms with Gasteiger partial charge in [-0.3, -0.25) is 0 Å². The Balaban J connectivity index is 1.79. The summed E-state index contributed by atoms with van der Waals surface area (Å²) in [5.41, 5.74) is -0.732. The predicted octanol–water partition coefficient (Wildman–Crippen LogP) is 1.03. The zero-order valence-electron chi connectivity index (χ0n) is 13.7. The van der Waals surface area contributed by atoms with E-state index in [1.165, 1.54) is 12.4 Å². The van der Waals surface area contributed by atoms with Gasteiger partial charge < -0.3 is 9.84 Å². The van der Waals surface area contributed by atoms with Crippen molar-refractivity contribution in [1.82, 2.24) is 14.3 Å². The van der Waals surface area contributed by atoms with Crippen molar-refractivity contribution >= 4 is 16.0 Å². The average molecular weight is 392 g/mol. The standard InChI is InChI=1S/C16H13FN4O5S/c17-13-2-1-11(7-12(13)16(22)23)27(24,25)21-6-3-10(9-21)26-15-14(8-18)19-4-5-20-15/h1-2,4-5,7,10H,3,6,9H2,(H,22,23). The maximum atomic E-state index is 13.5. The van der Waals surface area contributed by atoms with Crippen molar-refractivity contribution in [2.24, 2.45) is 0 Å². The van der Waals surface area contributed by atoms with Crippen LogP contribution in [-0.2, 0) is 10.0 Å².